The molecule has 0 heterocycles. The maximum absolute atomic E-state index is 7.23. The Morgan fingerprint density at radius 3 is 2.00 bits per heavy atom. The number of rotatable bonds is 4. The fourth-order valence-corrected chi connectivity index (χ4v) is 1.22. The van der Waals surface area contributed by atoms with Gasteiger partial charge in [0.1, 0.15) is 0 Å². The minimum absolute atomic E-state index is 1.24. The molecule has 86 valence electrons. The summed E-state index contributed by atoms with van der Waals surface area (Å²) in [4.78, 5) is 21.7. The van der Waals surface area contributed by atoms with Crippen LogP contribution in [0.2, 0.25) is 0 Å². The van der Waals surface area contributed by atoms with E-state index in [9.17, 15) is 0 Å². The van der Waals surface area contributed by atoms with Crippen molar-refractivity contribution in [2.75, 3.05) is 0 Å². The van der Waals surface area contributed by atoms with Crippen molar-refractivity contribution < 1.29 is 14.7 Å². The van der Waals surface area contributed by atoms with Crippen LogP contribution in [0.25, 0.3) is 0 Å². The van der Waals surface area contributed by atoms with Gasteiger partial charge in [0.25, 0.3) is 0 Å². The molecular weight excluding hydrogens is 211 g/mol. The highest BCUT2D eigenvalue weighted by Crippen LogP contribution is 2.11. The fourth-order valence-electron chi connectivity index (χ4n) is 1.22. The van der Waals surface area contributed by atoms with Crippen LogP contribution in [0.5, 0.6) is 0 Å². The Morgan fingerprint density at radius 2 is 1.53 bits per heavy atom. The molecule has 0 aromatic heterocycles. The molecule has 0 unspecified atom stereocenters. The Hall–Kier alpha value is -0.470. The van der Waals surface area contributed by atoms with Gasteiger partial charge < -0.3 is 14.7 Å². The normalized spacial score (nSPS) is 9.67. The number of aryl methyl sites for hydroxylation is 1. The zero-order valence-electron chi connectivity index (χ0n) is 9.00. The third-order valence-corrected chi connectivity index (χ3v) is 1.91. The average molecular weight is 230 g/mol. The predicted octanol–water partition coefficient (Wildman–Crippen LogP) is 2.61. The molecule has 1 aromatic carbocycles. The minimum Gasteiger partial charge on any atom is -0.328 e. The molecule has 0 atom stereocenters. The third-order valence-electron chi connectivity index (χ3n) is 1.91. The van der Waals surface area contributed by atoms with Gasteiger partial charge in [-0.25, -0.2) is 0 Å². The first kappa shape index (κ1) is 14.5. The van der Waals surface area contributed by atoms with Crippen LogP contribution in [0.3, 0.4) is 0 Å². The number of hydrogen-bond acceptors (Lipinski definition) is 3. The van der Waals surface area contributed by atoms with Crippen molar-refractivity contribution >= 4 is 8.60 Å². The van der Waals surface area contributed by atoms with Gasteiger partial charge in [0.2, 0.25) is 0 Å². The van der Waals surface area contributed by atoms with E-state index in [0.29, 0.717) is 0 Å². The molecule has 1 rings (SSSR count). The van der Waals surface area contributed by atoms with E-state index >= 15 is 0 Å². The van der Waals surface area contributed by atoms with Gasteiger partial charge in [-0.2, -0.15) is 0 Å². The number of benzene rings is 1. The van der Waals surface area contributed by atoms with E-state index in [1.54, 1.807) is 0 Å². The first-order valence-corrected chi connectivity index (χ1v) is 6.27. The monoisotopic (exact) mass is 230 g/mol. The zero-order chi connectivity index (χ0) is 11.5. The van der Waals surface area contributed by atoms with E-state index < -0.39 is 8.60 Å². The van der Waals surface area contributed by atoms with Gasteiger partial charge in [-0.05, 0) is 18.4 Å². The van der Waals surface area contributed by atoms with E-state index in [0.717, 1.165) is 0 Å². The van der Waals surface area contributed by atoms with Gasteiger partial charge >= 0.3 is 8.60 Å². The molecule has 0 amide bonds. The zero-order valence-corrected chi connectivity index (χ0v) is 9.90. The lowest BCUT2D eigenvalue weighted by atomic mass is 10.1. The number of hydrogen-bond donors (Lipinski definition) is 3. The summed E-state index contributed by atoms with van der Waals surface area (Å²) in [6.45, 7) is 2.24. The molecule has 0 saturated carbocycles. The molecule has 0 fully saturated rings. The predicted molar refractivity (Wildman–Crippen MR) is 63.2 cm³/mol. The summed E-state index contributed by atoms with van der Waals surface area (Å²) in [5.74, 6) is 0. The van der Waals surface area contributed by atoms with Gasteiger partial charge in [-0.3, -0.25) is 0 Å². The lowest BCUT2D eigenvalue weighted by Crippen LogP contribution is -1.83. The summed E-state index contributed by atoms with van der Waals surface area (Å²) in [5, 5.41) is 0. The van der Waals surface area contributed by atoms with Crippen LogP contribution < -0.4 is 0 Å². The summed E-state index contributed by atoms with van der Waals surface area (Å²) in [6, 6.07) is 10.7. The van der Waals surface area contributed by atoms with E-state index in [-0.39, 0.29) is 0 Å². The first-order valence-electron chi connectivity index (χ1n) is 5.07. The summed E-state index contributed by atoms with van der Waals surface area (Å²) >= 11 is 0. The van der Waals surface area contributed by atoms with Crippen LogP contribution in [0, 0.1) is 0 Å². The van der Waals surface area contributed by atoms with Crippen molar-refractivity contribution in [2.45, 2.75) is 32.6 Å². The molecule has 0 spiro atoms. The van der Waals surface area contributed by atoms with Gasteiger partial charge in [0, 0.05) is 0 Å². The lowest BCUT2D eigenvalue weighted by Gasteiger charge is -1.98. The van der Waals surface area contributed by atoms with E-state index in [1.807, 2.05) is 0 Å². The van der Waals surface area contributed by atoms with Gasteiger partial charge in [-0.1, -0.05) is 50.1 Å². The standard InChI is InChI=1S/C11H16.H3O3P/c1-2-3-5-8-11-9-6-4-7-10-11;1-4(2)3/h4,6-7,9-10H,2-3,5,8H2,1H3;1-3H. The molecule has 4 heteroatoms. The second kappa shape index (κ2) is 10.1. The van der Waals surface area contributed by atoms with Crippen molar-refractivity contribution in [3.8, 4) is 0 Å². The minimum atomic E-state index is -2.62. The van der Waals surface area contributed by atoms with Crippen molar-refractivity contribution in [3.05, 3.63) is 35.9 Å². The molecule has 0 saturated heterocycles. The van der Waals surface area contributed by atoms with Crippen molar-refractivity contribution in [1.82, 2.24) is 0 Å². The lowest BCUT2D eigenvalue weighted by molar-refractivity contribution is 0.368. The van der Waals surface area contributed by atoms with E-state index in [2.05, 4.69) is 37.3 Å². The van der Waals surface area contributed by atoms with Gasteiger partial charge in [-0.15, -0.1) is 0 Å². The maximum Gasteiger partial charge on any atom is 0.324 e. The smallest absolute Gasteiger partial charge is 0.324 e. The maximum atomic E-state index is 7.23. The number of unbranched alkanes of at least 4 members (excludes halogenated alkanes) is 2. The topological polar surface area (TPSA) is 60.7 Å². The molecule has 0 aliphatic carbocycles. The Morgan fingerprint density at radius 1 is 1.00 bits per heavy atom. The third kappa shape index (κ3) is 11.5. The van der Waals surface area contributed by atoms with Crippen LogP contribution in [-0.2, 0) is 6.42 Å². The Kier molecular flexibility index (Phi) is 9.75. The average Bonchev–Trinajstić information content (AvgIpc) is 2.19. The Balaban J connectivity index is 0.000000423. The quantitative estimate of drug-likeness (QED) is 0.550. The molecule has 1 aromatic rings. The second-order valence-corrected chi connectivity index (χ2v) is 3.75. The van der Waals surface area contributed by atoms with Crippen LogP contribution in [0.1, 0.15) is 31.7 Å². The van der Waals surface area contributed by atoms with Crippen LogP contribution in [-0.4, -0.2) is 14.7 Å². The fraction of sp³-hybridized carbons (Fsp3) is 0.455. The van der Waals surface area contributed by atoms with Gasteiger partial charge in [0.05, 0.1) is 0 Å². The molecule has 0 aliphatic rings. The van der Waals surface area contributed by atoms with Crippen molar-refractivity contribution in [1.29, 1.82) is 0 Å². The van der Waals surface area contributed by atoms with E-state index in [1.165, 1.54) is 31.2 Å². The molecular formula is C11H19O3P. The van der Waals surface area contributed by atoms with Gasteiger partial charge in [0.15, 0.2) is 0 Å². The summed E-state index contributed by atoms with van der Waals surface area (Å²) < 4.78 is 0. The van der Waals surface area contributed by atoms with Crippen LogP contribution in [0.15, 0.2) is 30.3 Å². The van der Waals surface area contributed by atoms with E-state index in [4.69, 9.17) is 14.7 Å². The Labute approximate surface area is 92.4 Å². The SMILES string of the molecule is CCCCCc1ccccc1.OP(O)O. The summed E-state index contributed by atoms with van der Waals surface area (Å²) in [7, 11) is -2.62. The molecule has 15 heavy (non-hydrogen) atoms. The van der Waals surface area contributed by atoms with Crippen LogP contribution in [0.4, 0.5) is 0 Å². The molecule has 0 radical (unpaired) electrons. The largest absolute Gasteiger partial charge is 0.328 e. The highest BCUT2D eigenvalue weighted by Gasteiger charge is 1.89. The summed E-state index contributed by atoms with van der Waals surface area (Å²) in [5.41, 5.74) is 1.47. The molecule has 0 aliphatic heterocycles. The molecule has 3 N–H and O–H groups in total. The highest BCUT2D eigenvalue weighted by atomic mass is 31.2. The van der Waals surface area contributed by atoms with Crippen molar-refractivity contribution in [3.63, 3.8) is 0 Å². The summed E-state index contributed by atoms with van der Waals surface area (Å²) in [6.07, 6.45) is 5.25. The second-order valence-electron chi connectivity index (χ2n) is 3.21. The highest BCUT2D eigenvalue weighted by molar-refractivity contribution is 7.38. The first-order chi connectivity index (χ1) is 7.16. The molecule has 0 bridgehead atoms. The van der Waals surface area contributed by atoms with Crippen LogP contribution >= 0.6 is 8.60 Å². The van der Waals surface area contributed by atoms with Crippen molar-refractivity contribution in [2.24, 2.45) is 0 Å². The molecule has 3 nitrogen and oxygen atoms in total. The Bertz CT molecular complexity index is 224.